The average Bonchev–Trinajstić information content (AvgIpc) is 2.92. The highest BCUT2D eigenvalue weighted by molar-refractivity contribution is 7.89. The van der Waals surface area contributed by atoms with Crippen LogP contribution < -0.4 is 10.0 Å². The van der Waals surface area contributed by atoms with Gasteiger partial charge in [0.05, 0.1) is 6.54 Å². The van der Waals surface area contributed by atoms with E-state index in [1.54, 1.807) is 6.07 Å². The molecule has 2 unspecified atom stereocenters. The minimum Gasteiger partial charge on any atom is -0.447 e. The van der Waals surface area contributed by atoms with Crippen molar-refractivity contribution in [1.82, 2.24) is 10.0 Å². The molecule has 2 rings (SSSR count). The van der Waals surface area contributed by atoms with Crippen LogP contribution in [0.15, 0.2) is 21.6 Å². The van der Waals surface area contributed by atoms with Gasteiger partial charge in [0.25, 0.3) is 10.0 Å². The first kappa shape index (κ1) is 15.5. The minimum atomic E-state index is -3.50. The standard InChI is InChI=1S/C14H24N2O3S/c1-3-5-11-9-13(11)16-20(17,18)14-7-6-12(19-14)10-15-8-4-2/h6-7,11,13,15-16H,3-5,8-10H2,1-2H3. The molecule has 0 saturated heterocycles. The summed E-state index contributed by atoms with van der Waals surface area (Å²) in [5.74, 6) is 1.15. The molecule has 0 amide bonds. The summed E-state index contributed by atoms with van der Waals surface area (Å²) in [6.07, 6.45) is 4.15. The molecule has 0 spiro atoms. The number of hydrogen-bond acceptors (Lipinski definition) is 4. The van der Waals surface area contributed by atoms with Gasteiger partial charge >= 0.3 is 0 Å². The van der Waals surface area contributed by atoms with E-state index in [1.807, 2.05) is 0 Å². The monoisotopic (exact) mass is 300 g/mol. The summed E-state index contributed by atoms with van der Waals surface area (Å²) in [4.78, 5) is 0. The Morgan fingerprint density at radius 1 is 1.30 bits per heavy atom. The molecule has 0 radical (unpaired) electrons. The van der Waals surface area contributed by atoms with Crippen LogP contribution in [0.1, 0.15) is 45.3 Å². The topological polar surface area (TPSA) is 71.3 Å². The summed E-state index contributed by atoms with van der Waals surface area (Å²) in [6, 6.07) is 3.34. The van der Waals surface area contributed by atoms with Crippen LogP contribution in [-0.4, -0.2) is 21.0 Å². The first-order valence-corrected chi connectivity index (χ1v) is 8.87. The maximum absolute atomic E-state index is 12.2. The summed E-state index contributed by atoms with van der Waals surface area (Å²) in [5.41, 5.74) is 0. The lowest BCUT2D eigenvalue weighted by Crippen LogP contribution is -2.26. The fourth-order valence-electron chi connectivity index (χ4n) is 2.33. The van der Waals surface area contributed by atoms with E-state index in [0.717, 1.165) is 32.2 Å². The van der Waals surface area contributed by atoms with Crippen molar-refractivity contribution in [1.29, 1.82) is 0 Å². The highest BCUT2D eigenvalue weighted by atomic mass is 32.2. The van der Waals surface area contributed by atoms with Crippen molar-refractivity contribution in [3.63, 3.8) is 0 Å². The van der Waals surface area contributed by atoms with Crippen molar-refractivity contribution in [2.45, 2.75) is 57.2 Å². The van der Waals surface area contributed by atoms with E-state index < -0.39 is 10.0 Å². The van der Waals surface area contributed by atoms with Gasteiger partial charge in [-0.15, -0.1) is 0 Å². The highest BCUT2D eigenvalue weighted by Gasteiger charge is 2.39. The molecule has 0 aliphatic heterocycles. The van der Waals surface area contributed by atoms with E-state index in [-0.39, 0.29) is 11.1 Å². The first-order valence-electron chi connectivity index (χ1n) is 7.38. The maximum atomic E-state index is 12.2. The van der Waals surface area contributed by atoms with Crippen LogP contribution in [0, 0.1) is 5.92 Å². The lowest BCUT2D eigenvalue weighted by atomic mass is 10.2. The molecule has 1 saturated carbocycles. The van der Waals surface area contributed by atoms with Crippen LogP contribution in [0.25, 0.3) is 0 Å². The van der Waals surface area contributed by atoms with Gasteiger partial charge in [0.1, 0.15) is 5.76 Å². The quantitative estimate of drug-likeness (QED) is 0.686. The Labute approximate surface area is 121 Å². The van der Waals surface area contributed by atoms with Crippen molar-refractivity contribution in [3.8, 4) is 0 Å². The van der Waals surface area contributed by atoms with E-state index in [0.29, 0.717) is 18.2 Å². The second kappa shape index (κ2) is 6.74. The predicted molar refractivity (Wildman–Crippen MR) is 77.8 cm³/mol. The zero-order valence-electron chi connectivity index (χ0n) is 12.2. The summed E-state index contributed by atoms with van der Waals surface area (Å²) >= 11 is 0. The summed E-state index contributed by atoms with van der Waals surface area (Å²) in [7, 11) is -3.50. The number of nitrogens with one attached hydrogen (secondary N) is 2. The molecule has 1 aliphatic rings. The van der Waals surface area contributed by atoms with Crippen LogP contribution in [0.4, 0.5) is 0 Å². The van der Waals surface area contributed by atoms with Gasteiger partial charge in [-0.25, -0.2) is 13.1 Å². The van der Waals surface area contributed by atoms with Crippen LogP contribution >= 0.6 is 0 Å². The van der Waals surface area contributed by atoms with Crippen LogP contribution in [0.5, 0.6) is 0 Å². The van der Waals surface area contributed by atoms with Gasteiger partial charge < -0.3 is 9.73 Å². The van der Waals surface area contributed by atoms with Gasteiger partial charge in [0.15, 0.2) is 0 Å². The fourth-order valence-corrected chi connectivity index (χ4v) is 3.59. The third-order valence-electron chi connectivity index (χ3n) is 3.52. The van der Waals surface area contributed by atoms with Gasteiger partial charge in [0, 0.05) is 6.04 Å². The zero-order chi connectivity index (χ0) is 14.6. The number of rotatable bonds is 9. The molecule has 6 heteroatoms. The van der Waals surface area contributed by atoms with Gasteiger partial charge in [-0.05, 0) is 43.9 Å². The number of hydrogen-bond donors (Lipinski definition) is 2. The third-order valence-corrected chi connectivity index (χ3v) is 4.88. The van der Waals surface area contributed by atoms with E-state index in [1.165, 1.54) is 6.07 Å². The molecule has 20 heavy (non-hydrogen) atoms. The van der Waals surface area contributed by atoms with E-state index in [2.05, 4.69) is 23.9 Å². The molecule has 1 fully saturated rings. The normalized spacial score (nSPS) is 22.1. The predicted octanol–water partition coefficient (Wildman–Crippen LogP) is 2.25. The largest absolute Gasteiger partial charge is 0.447 e. The maximum Gasteiger partial charge on any atom is 0.274 e. The molecule has 2 atom stereocenters. The highest BCUT2D eigenvalue weighted by Crippen LogP contribution is 2.35. The number of furan rings is 1. The van der Waals surface area contributed by atoms with Gasteiger partial charge in [-0.1, -0.05) is 20.3 Å². The average molecular weight is 300 g/mol. The van der Waals surface area contributed by atoms with Crippen LogP contribution in [0.3, 0.4) is 0 Å². The molecular weight excluding hydrogens is 276 g/mol. The van der Waals surface area contributed by atoms with E-state index in [4.69, 9.17) is 4.42 Å². The second-order valence-electron chi connectivity index (χ2n) is 5.41. The number of sulfonamides is 1. The fraction of sp³-hybridized carbons (Fsp3) is 0.714. The Balaban J connectivity index is 1.89. The van der Waals surface area contributed by atoms with Gasteiger partial charge in [0.2, 0.25) is 5.09 Å². The molecule has 0 aromatic carbocycles. The molecular formula is C14H24N2O3S. The molecule has 1 aliphatic carbocycles. The van der Waals surface area contributed by atoms with E-state index >= 15 is 0 Å². The van der Waals surface area contributed by atoms with Gasteiger partial charge in [-0.2, -0.15) is 0 Å². The molecule has 1 heterocycles. The summed E-state index contributed by atoms with van der Waals surface area (Å²) in [5, 5.41) is 3.21. The lowest BCUT2D eigenvalue weighted by Gasteiger charge is -2.03. The van der Waals surface area contributed by atoms with Crippen molar-refractivity contribution < 1.29 is 12.8 Å². The SMILES string of the molecule is CCCNCc1ccc(S(=O)(=O)NC2CC2CCC)o1. The Bertz CT molecular complexity index is 524. The van der Waals surface area contributed by atoms with Crippen molar-refractivity contribution >= 4 is 10.0 Å². The molecule has 5 nitrogen and oxygen atoms in total. The minimum absolute atomic E-state index is 0.0212. The van der Waals surface area contributed by atoms with Gasteiger partial charge in [-0.3, -0.25) is 0 Å². The molecule has 1 aromatic rings. The third kappa shape index (κ3) is 4.07. The Morgan fingerprint density at radius 2 is 2.10 bits per heavy atom. The van der Waals surface area contributed by atoms with Crippen LogP contribution in [-0.2, 0) is 16.6 Å². The lowest BCUT2D eigenvalue weighted by molar-refractivity contribution is 0.399. The summed E-state index contributed by atoms with van der Waals surface area (Å²) < 4.78 is 32.4. The summed E-state index contributed by atoms with van der Waals surface area (Å²) in [6.45, 7) is 5.65. The molecule has 114 valence electrons. The van der Waals surface area contributed by atoms with Crippen molar-refractivity contribution in [2.24, 2.45) is 5.92 Å². The van der Waals surface area contributed by atoms with Crippen LogP contribution in [0.2, 0.25) is 0 Å². The van der Waals surface area contributed by atoms with E-state index in [9.17, 15) is 8.42 Å². The molecule has 0 bridgehead atoms. The Morgan fingerprint density at radius 3 is 2.80 bits per heavy atom. The first-order chi connectivity index (χ1) is 9.56. The smallest absolute Gasteiger partial charge is 0.274 e. The zero-order valence-corrected chi connectivity index (χ0v) is 13.0. The molecule has 1 aromatic heterocycles. The van der Waals surface area contributed by atoms with Crippen molar-refractivity contribution in [3.05, 3.63) is 17.9 Å². The Hall–Kier alpha value is -0.850. The second-order valence-corrected chi connectivity index (χ2v) is 7.05. The Kier molecular flexibility index (Phi) is 5.23. The van der Waals surface area contributed by atoms with Crippen molar-refractivity contribution in [2.75, 3.05) is 6.54 Å². The molecule has 2 N–H and O–H groups in total.